The van der Waals surface area contributed by atoms with Gasteiger partial charge in [-0.15, -0.1) is 0 Å². The molecule has 142 valence electrons. The molecule has 5 heteroatoms. The zero-order valence-corrected chi connectivity index (χ0v) is 15.9. The fourth-order valence-electron chi connectivity index (χ4n) is 4.18. The summed E-state index contributed by atoms with van der Waals surface area (Å²) in [7, 11) is 0. The van der Waals surface area contributed by atoms with Gasteiger partial charge in [0.05, 0.1) is 18.3 Å². The van der Waals surface area contributed by atoms with E-state index < -0.39 is 0 Å². The maximum absolute atomic E-state index is 13.1. The van der Waals surface area contributed by atoms with Crippen molar-refractivity contribution in [1.82, 2.24) is 10.1 Å². The van der Waals surface area contributed by atoms with Crippen LogP contribution >= 0.6 is 0 Å². The lowest BCUT2D eigenvalue weighted by molar-refractivity contribution is 0.0714. The van der Waals surface area contributed by atoms with Crippen LogP contribution in [0, 0.1) is 6.92 Å². The summed E-state index contributed by atoms with van der Waals surface area (Å²) in [6, 6.07) is 16.1. The van der Waals surface area contributed by atoms with Crippen LogP contribution in [0.4, 0.5) is 0 Å². The van der Waals surface area contributed by atoms with Crippen LogP contribution < -0.4 is 4.74 Å². The van der Waals surface area contributed by atoms with E-state index in [1.165, 1.54) is 5.56 Å². The summed E-state index contributed by atoms with van der Waals surface area (Å²) >= 11 is 0. The Hall–Kier alpha value is -3.08. The molecular formula is C23H22N2O3. The van der Waals surface area contributed by atoms with Crippen LogP contribution in [-0.4, -0.2) is 29.1 Å². The first-order valence-corrected chi connectivity index (χ1v) is 9.79. The molecule has 1 amide bonds. The number of aromatic nitrogens is 1. The van der Waals surface area contributed by atoms with E-state index >= 15 is 0 Å². The minimum atomic E-state index is -0.0231. The van der Waals surface area contributed by atoms with Crippen molar-refractivity contribution in [3.63, 3.8) is 0 Å². The van der Waals surface area contributed by atoms with Crippen LogP contribution in [0.25, 0.3) is 11.1 Å². The van der Waals surface area contributed by atoms with Crippen LogP contribution in [0.1, 0.15) is 46.3 Å². The molecule has 2 aliphatic rings. The molecule has 1 aromatic heterocycles. The van der Waals surface area contributed by atoms with Crippen molar-refractivity contribution in [1.29, 1.82) is 0 Å². The standard InChI is InChI=1S/C23H22N2O3/c1-15-13-22(28-24-15)20-3-2-11-25(20)23(26)17-6-4-16(5-7-17)18-8-9-21-19(14-18)10-12-27-21/h4-9,13-14,20H,2-3,10-12H2,1H3/t20-/m0/s1. The van der Waals surface area contributed by atoms with Gasteiger partial charge >= 0.3 is 0 Å². The lowest BCUT2D eigenvalue weighted by atomic mass is 10.0. The predicted molar refractivity (Wildman–Crippen MR) is 105 cm³/mol. The van der Waals surface area contributed by atoms with Crippen LogP contribution in [0.2, 0.25) is 0 Å². The number of fused-ring (bicyclic) bond motifs is 1. The number of likely N-dealkylation sites (tertiary alicyclic amines) is 1. The van der Waals surface area contributed by atoms with Gasteiger partial charge in [-0.25, -0.2) is 0 Å². The fraction of sp³-hybridized carbons (Fsp3) is 0.304. The highest BCUT2D eigenvalue weighted by Gasteiger charge is 2.33. The molecule has 0 unspecified atom stereocenters. The second kappa shape index (κ2) is 6.82. The van der Waals surface area contributed by atoms with Crippen molar-refractivity contribution in [3.05, 3.63) is 71.1 Å². The Bertz CT molecular complexity index is 1020. The Labute approximate surface area is 163 Å². The van der Waals surface area contributed by atoms with Crippen LogP contribution in [0.3, 0.4) is 0 Å². The van der Waals surface area contributed by atoms with E-state index in [1.54, 1.807) is 0 Å². The molecule has 1 atom stereocenters. The third kappa shape index (κ3) is 2.97. The van der Waals surface area contributed by atoms with E-state index in [0.29, 0.717) is 5.56 Å². The van der Waals surface area contributed by atoms with E-state index in [2.05, 4.69) is 17.3 Å². The second-order valence-corrected chi connectivity index (χ2v) is 7.53. The summed E-state index contributed by atoms with van der Waals surface area (Å²) in [6.07, 6.45) is 2.85. The largest absolute Gasteiger partial charge is 0.493 e. The SMILES string of the molecule is Cc1cc([C@@H]2CCCN2C(=O)c2ccc(-c3ccc4c(c3)CCO4)cc2)on1. The van der Waals surface area contributed by atoms with E-state index in [-0.39, 0.29) is 11.9 Å². The Balaban J connectivity index is 1.37. The first kappa shape index (κ1) is 17.0. The highest BCUT2D eigenvalue weighted by atomic mass is 16.5. The first-order chi connectivity index (χ1) is 13.7. The Kier molecular flexibility index (Phi) is 4.15. The van der Waals surface area contributed by atoms with E-state index in [9.17, 15) is 4.79 Å². The Morgan fingerprint density at radius 2 is 1.93 bits per heavy atom. The predicted octanol–water partition coefficient (Wildman–Crippen LogP) is 4.56. The smallest absolute Gasteiger partial charge is 0.254 e. The monoisotopic (exact) mass is 374 g/mol. The molecule has 5 rings (SSSR count). The van der Waals surface area contributed by atoms with E-state index in [0.717, 1.165) is 60.7 Å². The van der Waals surface area contributed by atoms with Crippen molar-refractivity contribution in [2.45, 2.75) is 32.2 Å². The van der Waals surface area contributed by atoms with Gasteiger partial charge < -0.3 is 14.2 Å². The summed E-state index contributed by atoms with van der Waals surface area (Å²) in [4.78, 5) is 15.0. The van der Waals surface area contributed by atoms with Crippen molar-refractivity contribution >= 4 is 5.91 Å². The first-order valence-electron chi connectivity index (χ1n) is 9.79. The minimum absolute atomic E-state index is 0.0231. The van der Waals surface area contributed by atoms with Gasteiger partial charge in [0, 0.05) is 24.6 Å². The molecule has 2 aliphatic heterocycles. The number of rotatable bonds is 3. The maximum atomic E-state index is 13.1. The summed E-state index contributed by atoms with van der Waals surface area (Å²) < 4.78 is 11.0. The third-order valence-electron chi connectivity index (χ3n) is 5.64. The lowest BCUT2D eigenvalue weighted by Crippen LogP contribution is -2.30. The number of amides is 1. The van der Waals surface area contributed by atoms with Crippen molar-refractivity contribution in [2.75, 3.05) is 13.2 Å². The van der Waals surface area contributed by atoms with Crippen molar-refractivity contribution in [3.8, 4) is 16.9 Å². The quantitative estimate of drug-likeness (QED) is 0.674. The third-order valence-corrected chi connectivity index (χ3v) is 5.64. The summed E-state index contributed by atoms with van der Waals surface area (Å²) in [5, 5.41) is 3.98. The summed E-state index contributed by atoms with van der Waals surface area (Å²) in [5.41, 5.74) is 5.06. The van der Waals surface area contributed by atoms with Crippen molar-refractivity contribution < 1.29 is 14.1 Å². The van der Waals surface area contributed by atoms with Gasteiger partial charge in [-0.1, -0.05) is 23.4 Å². The molecule has 0 radical (unpaired) electrons. The van der Waals surface area contributed by atoms with Crippen LogP contribution in [0.15, 0.2) is 53.1 Å². The molecule has 28 heavy (non-hydrogen) atoms. The lowest BCUT2D eigenvalue weighted by Gasteiger charge is -2.22. The average Bonchev–Trinajstić information content (AvgIpc) is 3.47. The van der Waals surface area contributed by atoms with Crippen LogP contribution in [-0.2, 0) is 6.42 Å². The number of hydrogen-bond donors (Lipinski definition) is 0. The molecule has 2 aromatic carbocycles. The average molecular weight is 374 g/mol. The molecule has 3 heterocycles. The molecule has 1 saturated heterocycles. The molecule has 0 aliphatic carbocycles. The summed E-state index contributed by atoms with van der Waals surface area (Å²) in [5.74, 6) is 1.81. The highest BCUT2D eigenvalue weighted by Crippen LogP contribution is 2.34. The topological polar surface area (TPSA) is 55.6 Å². The summed E-state index contributed by atoms with van der Waals surface area (Å²) in [6.45, 7) is 3.40. The van der Waals surface area contributed by atoms with E-state index in [4.69, 9.17) is 9.26 Å². The number of nitrogens with zero attached hydrogens (tertiary/aromatic N) is 2. The zero-order valence-electron chi connectivity index (χ0n) is 15.9. The molecule has 3 aromatic rings. The molecular weight excluding hydrogens is 352 g/mol. The van der Waals surface area contributed by atoms with Gasteiger partial charge in [-0.05, 0) is 60.7 Å². The van der Waals surface area contributed by atoms with Gasteiger partial charge in [0.15, 0.2) is 5.76 Å². The molecule has 5 nitrogen and oxygen atoms in total. The molecule has 0 saturated carbocycles. The minimum Gasteiger partial charge on any atom is -0.493 e. The van der Waals surface area contributed by atoms with Crippen molar-refractivity contribution in [2.24, 2.45) is 0 Å². The Morgan fingerprint density at radius 3 is 2.71 bits per heavy atom. The van der Waals surface area contributed by atoms with Crippen LogP contribution in [0.5, 0.6) is 5.75 Å². The number of carbonyl (C=O) groups excluding carboxylic acids is 1. The fourth-order valence-corrected chi connectivity index (χ4v) is 4.18. The van der Waals surface area contributed by atoms with Gasteiger partial charge in [0.25, 0.3) is 5.91 Å². The maximum Gasteiger partial charge on any atom is 0.254 e. The molecule has 1 fully saturated rings. The second-order valence-electron chi connectivity index (χ2n) is 7.53. The van der Waals surface area contributed by atoms with Gasteiger partial charge in [-0.2, -0.15) is 0 Å². The highest BCUT2D eigenvalue weighted by molar-refractivity contribution is 5.95. The number of benzene rings is 2. The van der Waals surface area contributed by atoms with E-state index in [1.807, 2.05) is 48.2 Å². The number of carbonyl (C=O) groups is 1. The van der Waals surface area contributed by atoms with Gasteiger partial charge in [0.1, 0.15) is 5.75 Å². The number of hydrogen-bond acceptors (Lipinski definition) is 4. The zero-order chi connectivity index (χ0) is 19.1. The van der Waals surface area contributed by atoms with Gasteiger partial charge in [0.2, 0.25) is 0 Å². The number of ether oxygens (including phenoxy) is 1. The normalized spacial score (nSPS) is 18.2. The Morgan fingerprint density at radius 1 is 1.11 bits per heavy atom. The molecule has 0 spiro atoms. The van der Waals surface area contributed by atoms with Gasteiger partial charge in [-0.3, -0.25) is 4.79 Å². The number of aryl methyl sites for hydroxylation is 1. The molecule has 0 bridgehead atoms. The molecule has 0 N–H and O–H groups in total.